The fraction of sp³-hybridized carbons (Fsp3) is 0.414. The summed E-state index contributed by atoms with van der Waals surface area (Å²) in [7, 11) is 2.88. The second-order valence-electron chi connectivity index (χ2n) is 10.2. The summed E-state index contributed by atoms with van der Waals surface area (Å²) in [5.74, 6) is -1.35. The smallest absolute Gasteiger partial charge is 0.310 e. The van der Waals surface area contributed by atoms with Crippen LogP contribution in [0.3, 0.4) is 0 Å². The highest BCUT2D eigenvalue weighted by atomic mass is 16.7. The van der Waals surface area contributed by atoms with Crippen LogP contribution in [0.25, 0.3) is 0 Å². The summed E-state index contributed by atoms with van der Waals surface area (Å²) >= 11 is 0. The van der Waals surface area contributed by atoms with Gasteiger partial charge >= 0.3 is 5.97 Å². The Kier molecular flexibility index (Phi) is 6.44. The maximum Gasteiger partial charge on any atom is 0.310 e. The molecule has 1 aliphatic carbocycles. The summed E-state index contributed by atoms with van der Waals surface area (Å²) in [6.45, 7) is 2.51. The first-order valence-corrected chi connectivity index (χ1v) is 13.2. The third-order valence-electron chi connectivity index (χ3n) is 8.10. The number of amides is 2. The van der Waals surface area contributed by atoms with Crippen molar-refractivity contribution in [2.24, 2.45) is 11.8 Å². The molecule has 2 aromatic carbocycles. The van der Waals surface area contributed by atoms with Gasteiger partial charge in [-0.05, 0) is 47.4 Å². The lowest BCUT2D eigenvalue weighted by molar-refractivity contribution is -0.141. The number of hydrogen-bond acceptors (Lipinski definition) is 10. The fourth-order valence-corrected chi connectivity index (χ4v) is 6.15. The van der Waals surface area contributed by atoms with Gasteiger partial charge < -0.3 is 34.1 Å². The molecule has 4 aliphatic rings. The van der Waals surface area contributed by atoms with Gasteiger partial charge in [-0.3, -0.25) is 19.3 Å². The number of unbranched alkanes of at least 4 members (excludes halogenated alkanes) is 1. The van der Waals surface area contributed by atoms with Crippen molar-refractivity contribution in [3.05, 3.63) is 52.7 Å². The maximum absolute atomic E-state index is 13.3. The molecule has 3 heterocycles. The van der Waals surface area contributed by atoms with Crippen LogP contribution in [0, 0.1) is 11.8 Å². The molecule has 11 heteroatoms. The molecule has 6 rings (SSSR count). The highest BCUT2D eigenvalue weighted by Crippen LogP contribution is 2.55. The second-order valence-corrected chi connectivity index (χ2v) is 10.2. The van der Waals surface area contributed by atoms with Gasteiger partial charge in [-0.1, -0.05) is 13.3 Å². The van der Waals surface area contributed by atoms with E-state index in [4.69, 9.17) is 23.7 Å². The Morgan fingerprint density at radius 2 is 1.68 bits per heavy atom. The van der Waals surface area contributed by atoms with E-state index in [-0.39, 0.29) is 54.1 Å². The normalized spacial score (nSPS) is 24.4. The Labute approximate surface area is 230 Å². The number of phenols is 1. The zero-order chi connectivity index (χ0) is 28.1. The van der Waals surface area contributed by atoms with Crippen LogP contribution >= 0.6 is 0 Å². The number of rotatable bonds is 8. The lowest BCUT2D eigenvalue weighted by atomic mass is 9.65. The van der Waals surface area contributed by atoms with E-state index in [9.17, 15) is 19.5 Å². The zero-order valence-electron chi connectivity index (χ0n) is 22.4. The second kappa shape index (κ2) is 9.96. The predicted octanol–water partition coefficient (Wildman–Crippen LogP) is 2.76. The number of aromatic hydroxyl groups is 1. The molecule has 0 radical (unpaired) electrons. The molecule has 1 fully saturated rings. The van der Waals surface area contributed by atoms with E-state index in [1.807, 2.05) is 19.1 Å². The van der Waals surface area contributed by atoms with Crippen LogP contribution in [0.15, 0.2) is 36.0 Å². The number of benzene rings is 2. The Hall–Kier alpha value is -4.41. The predicted molar refractivity (Wildman–Crippen MR) is 139 cm³/mol. The van der Waals surface area contributed by atoms with Crippen LogP contribution in [0.2, 0.25) is 0 Å². The summed E-state index contributed by atoms with van der Waals surface area (Å²) in [4.78, 5) is 40.4. The van der Waals surface area contributed by atoms with Crippen molar-refractivity contribution in [1.29, 1.82) is 0 Å². The van der Waals surface area contributed by atoms with Gasteiger partial charge in [0.05, 0.1) is 32.8 Å². The Morgan fingerprint density at radius 1 is 1.00 bits per heavy atom. The number of methoxy groups -OCH3 is 2. The number of nitrogens with zero attached hydrogens (tertiary/aromatic N) is 1. The molecule has 210 valence electrons. The average Bonchev–Trinajstić information content (AvgIpc) is 3.64. The first-order chi connectivity index (χ1) is 19.4. The van der Waals surface area contributed by atoms with Crippen LogP contribution in [-0.4, -0.2) is 62.0 Å². The third-order valence-corrected chi connectivity index (χ3v) is 8.10. The number of carbonyl (C=O) groups is 3. The number of phenolic OH excluding ortho intramolecular Hbond substituents is 1. The van der Waals surface area contributed by atoms with Gasteiger partial charge in [-0.15, -0.1) is 0 Å². The quantitative estimate of drug-likeness (QED) is 0.373. The van der Waals surface area contributed by atoms with Crippen LogP contribution in [0.4, 0.5) is 0 Å². The van der Waals surface area contributed by atoms with Crippen molar-refractivity contribution in [1.82, 2.24) is 10.2 Å². The van der Waals surface area contributed by atoms with Crippen molar-refractivity contribution in [2.45, 2.75) is 31.7 Å². The van der Waals surface area contributed by atoms with Crippen LogP contribution in [-0.2, 0) is 19.1 Å². The van der Waals surface area contributed by atoms with E-state index < -0.39 is 23.8 Å². The Bertz CT molecular complexity index is 1410. The molecule has 0 aromatic heterocycles. The summed E-state index contributed by atoms with van der Waals surface area (Å²) < 4.78 is 27.8. The number of cyclic esters (lactones) is 1. The topological polar surface area (TPSA) is 133 Å². The number of nitrogens with one attached hydrogen (secondary N) is 1. The molecule has 4 atom stereocenters. The number of esters is 1. The van der Waals surface area contributed by atoms with Crippen LogP contribution in [0.5, 0.6) is 28.7 Å². The first kappa shape index (κ1) is 25.8. The molecule has 2 N–H and O–H groups in total. The highest BCUT2D eigenvalue weighted by Gasteiger charge is 2.53. The minimum Gasteiger partial charge on any atom is -0.502 e. The number of imide groups is 1. The van der Waals surface area contributed by atoms with E-state index in [1.165, 1.54) is 25.2 Å². The molecule has 40 heavy (non-hydrogen) atoms. The van der Waals surface area contributed by atoms with Gasteiger partial charge in [0, 0.05) is 24.5 Å². The highest BCUT2D eigenvalue weighted by molar-refractivity contribution is 6.15. The van der Waals surface area contributed by atoms with Crippen molar-refractivity contribution >= 4 is 17.8 Å². The van der Waals surface area contributed by atoms with E-state index in [0.717, 1.165) is 17.5 Å². The molecule has 2 aromatic rings. The average molecular weight is 551 g/mol. The number of fused-ring (bicyclic) bond motifs is 3. The summed E-state index contributed by atoms with van der Waals surface area (Å²) in [5.41, 5.74) is 2.40. The number of hydrogen-bond donors (Lipinski definition) is 2. The lowest BCUT2D eigenvalue weighted by Gasteiger charge is -2.40. The molecule has 3 aliphatic heterocycles. The zero-order valence-corrected chi connectivity index (χ0v) is 22.4. The molecule has 0 unspecified atom stereocenters. The Morgan fingerprint density at radius 3 is 2.33 bits per heavy atom. The van der Waals surface area contributed by atoms with E-state index in [1.54, 1.807) is 12.1 Å². The van der Waals surface area contributed by atoms with E-state index in [0.29, 0.717) is 30.0 Å². The molecular weight excluding hydrogens is 520 g/mol. The van der Waals surface area contributed by atoms with Crippen molar-refractivity contribution < 1.29 is 43.2 Å². The fourth-order valence-electron chi connectivity index (χ4n) is 6.15. The van der Waals surface area contributed by atoms with E-state index >= 15 is 0 Å². The molecule has 0 spiro atoms. The van der Waals surface area contributed by atoms with Crippen molar-refractivity contribution in [2.75, 3.05) is 34.2 Å². The number of carbonyl (C=O) groups excluding carboxylic acids is 3. The van der Waals surface area contributed by atoms with Gasteiger partial charge in [0.2, 0.25) is 12.5 Å². The molecule has 1 saturated heterocycles. The minimum absolute atomic E-state index is 0.0568. The molecular formula is C29H30N2O9. The third kappa shape index (κ3) is 3.99. The lowest BCUT2D eigenvalue weighted by Crippen LogP contribution is -2.42. The Balaban J connectivity index is 1.47. The summed E-state index contributed by atoms with van der Waals surface area (Å²) in [5, 5.41) is 13.8. The maximum atomic E-state index is 13.3. The van der Waals surface area contributed by atoms with Gasteiger partial charge in [-0.25, -0.2) is 0 Å². The van der Waals surface area contributed by atoms with Gasteiger partial charge in [0.15, 0.2) is 23.0 Å². The first-order valence-electron chi connectivity index (χ1n) is 13.2. The van der Waals surface area contributed by atoms with Crippen molar-refractivity contribution in [3.63, 3.8) is 0 Å². The molecule has 0 saturated carbocycles. The monoisotopic (exact) mass is 550 g/mol. The largest absolute Gasteiger partial charge is 0.502 e. The molecule has 0 bridgehead atoms. The molecule has 11 nitrogen and oxygen atoms in total. The van der Waals surface area contributed by atoms with Gasteiger partial charge in [0.25, 0.3) is 11.8 Å². The standard InChI is InChI=1S/C29H30N2O9/c1-4-5-6-31-23(32)11-18(28(31)34)30-26-16-10-20-19(39-13-40-20)9-15(16)24(25-17(26)12-38-29(25)35)14-7-21(36-2)27(33)22(8-14)37-3/h7-11,17,24-26,30,33H,4-6,12-13H2,1-3H3/t17-,24+,25-,26+/m0/s1. The van der Waals surface area contributed by atoms with Crippen molar-refractivity contribution in [3.8, 4) is 28.7 Å². The minimum atomic E-state index is -0.645. The number of ether oxygens (including phenoxy) is 5. The van der Waals surface area contributed by atoms with Gasteiger partial charge in [0.1, 0.15) is 5.70 Å². The van der Waals surface area contributed by atoms with Crippen LogP contribution in [0.1, 0.15) is 48.4 Å². The summed E-state index contributed by atoms with van der Waals surface area (Å²) in [6, 6.07) is 6.52. The van der Waals surface area contributed by atoms with Gasteiger partial charge in [-0.2, -0.15) is 0 Å². The SMILES string of the molecule is CCCCN1C(=O)C=C(N[C@@H]2c3cc4c(cc3[C@@H](c3cc(OC)c(O)c(OC)c3)[C@H]3C(=O)OC[C@@H]32)OCO4)C1=O. The summed E-state index contributed by atoms with van der Waals surface area (Å²) in [6.07, 6.45) is 2.88. The molecule has 2 amide bonds. The van der Waals surface area contributed by atoms with Crippen LogP contribution < -0.4 is 24.3 Å². The van der Waals surface area contributed by atoms with E-state index in [2.05, 4.69) is 5.32 Å².